The van der Waals surface area contributed by atoms with Crippen LogP contribution in [-0.4, -0.2) is 68.8 Å². The molecule has 0 amide bonds. The predicted octanol–water partition coefficient (Wildman–Crippen LogP) is 4.44. The van der Waals surface area contributed by atoms with Crippen LogP contribution < -0.4 is 4.74 Å². The summed E-state index contributed by atoms with van der Waals surface area (Å²) in [5.41, 5.74) is 1.70. The summed E-state index contributed by atoms with van der Waals surface area (Å²) in [5.74, 6) is 1.66. The number of ether oxygens (including phenoxy) is 1. The third-order valence-corrected chi connectivity index (χ3v) is 8.05. The van der Waals surface area contributed by atoms with Gasteiger partial charge in [0.15, 0.2) is 0 Å². The minimum absolute atomic E-state index is 0.184. The van der Waals surface area contributed by atoms with E-state index in [0.29, 0.717) is 24.7 Å². The van der Waals surface area contributed by atoms with Crippen LogP contribution in [0, 0.1) is 11.8 Å². The maximum absolute atomic E-state index is 11.3. The van der Waals surface area contributed by atoms with Gasteiger partial charge in [0.05, 0.1) is 31.1 Å². The zero-order valence-electron chi connectivity index (χ0n) is 20.6. The van der Waals surface area contributed by atoms with Crippen molar-refractivity contribution in [3.8, 4) is 5.75 Å². The van der Waals surface area contributed by atoms with Crippen molar-refractivity contribution in [1.29, 1.82) is 0 Å². The van der Waals surface area contributed by atoms with Gasteiger partial charge in [0.25, 0.3) is 0 Å². The first-order valence-corrected chi connectivity index (χ1v) is 13.5. The molecule has 2 N–H and O–H groups in total. The molecule has 8 nitrogen and oxygen atoms in total. The number of carbonyl (C=O) groups is 1. The number of hydrogen-bond acceptors (Lipinski definition) is 8. The molecule has 2 aromatic heterocycles. The maximum atomic E-state index is 11.3. The molecule has 36 heavy (non-hydrogen) atoms. The number of pyridine rings is 1. The molecule has 3 aromatic rings. The molecule has 4 rings (SSSR count). The van der Waals surface area contributed by atoms with Crippen LogP contribution in [-0.2, 0) is 4.79 Å². The van der Waals surface area contributed by atoms with Gasteiger partial charge in [-0.25, -0.2) is 0 Å². The van der Waals surface area contributed by atoms with E-state index < -0.39 is 12.1 Å². The lowest BCUT2D eigenvalue weighted by molar-refractivity contribution is -0.137. The fraction of sp³-hybridized carbons (Fsp3) is 0.481. The lowest BCUT2D eigenvalue weighted by Crippen LogP contribution is -2.41. The minimum atomic E-state index is -0.746. The van der Waals surface area contributed by atoms with Crippen molar-refractivity contribution in [2.24, 2.45) is 11.8 Å². The van der Waals surface area contributed by atoms with Crippen LogP contribution in [0.25, 0.3) is 10.9 Å². The first-order valence-electron chi connectivity index (χ1n) is 12.5. The summed E-state index contributed by atoms with van der Waals surface area (Å²) in [6, 6.07) is 9.55. The molecule has 3 heterocycles. The average molecular weight is 511 g/mol. The molecule has 9 heteroatoms. The average Bonchev–Trinajstić information content (AvgIpc) is 2.91. The van der Waals surface area contributed by atoms with E-state index in [0.717, 1.165) is 65.3 Å². The highest BCUT2D eigenvalue weighted by atomic mass is 32.2. The maximum Gasteiger partial charge on any atom is 0.303 e. The second-order valence-electron chi connectivity index (χ2n) is 9.34. The molecule has 1 saturated heterocycles. The van der Waals surface area contributed by atoms with Gasteiger partial charge >= 0.3 is 5.97 Å². The number of methoxy groups -OCH3 is 1. The summed E-state index contributed by atoms with van der Waals surface area (Å²) in [4.78, 5) is 19.3. The van der Waals surface area contributed by atoms with Gasteiger partial charge in [-0.3, -0.25) is 9.78 Å². The number of aliphatic hydroxyl groups excluding tert-OH is 1. The highest BCUT2D eigenvalue weighted by Crippen LogP contribution is 2.35. The predicted molar refractivity (Wildman–Crippen MR) is 140 cm³/mol. The van der Waals surface area contributed by atoms with Gasteiger partial charge in [-0.1, -0.05) is 0 Å². The third-order valence-electron chi connectivity index (χ3n) is 7.09. The van der Waals surface area contributed by atoms with Gasteiger partial charge in [0, 0.05) is 41.7 Å². The number of piperidine rings is 1. The second kappa shape index (κ2) is 13.0. The van der Waals surface area contributed by atoms with Gasteiger partial charge in [-0.2, -0.15) is 10.2 Å². The Kier molecular flexibility index (Phi) is 9.49. The number of aromatic nitrogens is 3. The van der Waals surface area contributed by atoms with Crippen LogP contribution >= 0.6 is 11.8 Å². The number of carboxylic acid groups (broad SMARTS) is 1. The Hall–Kier alpha value is -2.75. The number of carboxylic acids is 1. The van der Waals surface area contributed by atoms with Crippen molar-refractivity contribution in [2.45, 2.75) is 43.1 Å². The number of thioether (sulfide) groups is 1. The molecule has 0 spiro atoms. The van der Waals surface area contributed by atoms with E-state index in [-0.39, 0.29) is 6.42 Å². The zero-order chi connectivity index (χ0) is 25.3. The van der Waals surface area contributed by atoms with Gasteiger partial charge in [0.2, 0.25) is 0 Å². The highest BCUT2D eigenvalue weighted by molar-refractivity contribution is 7.99. The third kappa shape index (κ3) is 7.15. The summed E-state index contributed by atoms with van der Waals surface area (Å²) in [6.07, 6.45) is 7.99. The number of aliphatic hydroxyl groups is 1. The van der Waals surface area contributed by atoms with Crippen LogP contribution in [0.15, 0.2) is 53.8 Å². The number of nitrogens with zero attached hydrogens (tertiary/aromatic N) is 4. The number of benzene rings is 1. The summed E-state index contributed by atoms with van der Waals surface area (Å²) in [6.45, 7) is 2.85. The Morgan fingerprint density at radius 1 is 1.19 bits per heavy atom. The zero-order valence-corrected chi connectivity index (χ0v) is 21.4. The van der Waals surface area contributed by atoms with Gasteiger partial charge in [0.1, 0.15) is 5.75 Å². The largest absolute Gasteiger partial charge is 0.497 e. The van der Waals surface area contributed by atoms with E-state index >= 15 is 0 Å². The van der Waals surface area contributed by atoms with Crippen LogP contribution in [0.4, 0.5) is 0 Å². The molecule has 0 saturated carbocycles. The topological polar surface area (TPSA) is 109 Å². The molecule has 0 aliphatic carbocycles. The fourth-order valence-electron chi connectivity index (χ4n) is 5.12. The summed E-state index contributed by atoms with van der Waals surface area (Å²) in [7, 11) is 1.63. The van der Waals surface area contributed by atoms with Gasteiger partial charge < -0.3 is 19.8 Å². The molecule has 192 valence electrons. The van der Waals surface area contributed by atoms with E-state index in [4.69, 9.17) is 4.74 Å². The van der Waals surface area contributed by atoms with E-state index in [1.165, 1.54) is 0 Å². The van der Waals surface area contributed by atoms with Crippen LogP contribution in [0.1, 0.15) is 43.8 Å². The van der Waals surface area contributed by atoms with Crippen molar-refractivity contribution in [2.75, 3.05) is 32.5 Å². The van der Waals surface area contributed by atoms with Crippen molar-refractivity contribution >= 4 is 28.6 Å². The van der Waals surface area contributed by atoms with Crippen molar-refractivity contribution in [3.63, 3.8) is 0 Å². The summed E-state index contributed by atoms with van der Waals surface area (Å²) < 4.78 is 5.37. The molecule has 1 aliphatic heterocycles. The normalized spacial score (nSPS) is 19.3. The Balaban J connectivity index is 1.35. The number of rotatable bonds is 12. The van der Waals surface area contributed by atoms with Crippen LogP contribution in [0.3, 0.4) is 0 Å². The molecular formula is C27H34N4O4S. The molecule has 1 aromatic carbocycles. The standard InChI is InChI=1S/C27H34N4O4S/c1-35-21-4-5-25-24(16-21)23(9-11-28-25)26(32)6-2-19-10-13-31(18-20(19)3-7-27(33)34)14-15-36-22-8-12-29-30-17-22/h4-5,8-9,11-12,16-17,19-20,26,32H,2-3,6-7,10,13-15,18H2,1H3,(H,33,34)/t19?,20?,26-/m0/s1. The molecule has 1 aliphatic rings. The number of hydrogen-bond donors (Lipinski definition) is 2. The van der Waals surface area contributed by atoms with Gasteiger partial charge in [-0.15, -0.1) is 11.8 Å². The lowest BCUT2D eigenvalue weighted by atomic mass is 9.79. The Morgan fingerprint density at radius 2 is 2.08 bits per heavy atom. The number of fused-ring (bicyclic) bond motifs is 1. The van der Waals surface area contributed by atoms with E-state index in [1.807, 2.05) is 30.3 Å². The molecule has 0 radical (unpaired) electrons. The Morgan fingerprint density at radius 3 is 2.86 bits per heavy atom. The first-order chi connectivity index (χ1) is 17.5. The number of aliphatic carboxylic acids is 1. The monoisotopic (exact) mass is 510 g/mol. The molecule has 0 bridgehead atoms. The molecule has 3 atom stereocenters. The molecule has 2 unspecified atom stereocenters. The lowest BCUT2D eigenvalue weighted by Gasteiger charge is -2.39. The van der Waals surface area contributed by atoms with E-state index in [2.05, 4.69) is 20.1 Å². The smallest absolute Gasteiger partial charge is 0.303 e. The first kappa shape index (κ1) is 26.3. The SMILES string of the molecule is COc1ccc2nccc([C@@H](O)CCC3CCN(CCSc4ccnnc4)CC3CCC(=O)O)c2c1. The Bertz CT molecular complexity index is 1130. The van der Waals surface area contributed by atoms with Crippen LogP contribution in [0.2, 0.25) is 0 Å². The minimum Gasteiger partial charge on any atom is -0.497 e. The quantitative estimate of drug-likeness (QED) is 0.342. The fourth-order valence-corrected chi connectivity index (χ4v) is 5.99. The Labute approximate surface area is 216 Å². The molecular weight excluding hydrogens is 476 g/mol. The summed E-state index contributed by atoms with van der Waals surface area (Å²) >= 11 is 1.76. The second-order valence-corrected chi connectivity index (χ2v) is 10.5. The van der Waals surface area contributed by atoms with Gasteiger partial charge in [-0.05, 0) is 80.0 Å². The van der Waals surface area contributed by atoms with Crippen molar-refractivity contribution in [1.82, 2.24) is 20.1 Å². The molecule has 1 fully saturated rings. The summed E-state index contributed by atoms with van der Waals surface area (Å²) in [5, 5.41) is 29.0. The highest BCUT2D eigenvalue weighted by Gasteiger charge is 2.30. The van der Waals surface area contributed by atoms with E-state index in [1.54, 1.807) is 37.5 Å². The number of likely N-dealkylation sites (tertiary alicyclic amines) is 1. The van der Waals surface area contributed by atoms with Crippen molar-refractivity contribution in [3.05, 3.63) is 54.5 Å². The van der Waals surface area contributed by atoms with E-state index in [9.17, 15) is 15.0 Å². The van der Waals surface area contributed by atoms with Crippen molar-refractivity contribution < 1.29 is 19.7 Å². The van der Waals surface area contributed by atoms with Crippen LogP contribution in [0.5, 0.6) is 5.75 Å².